The third kappa shape index (κ3) is 3.21. The van der Waals surface area contributed by atoms with Gasteiger partial charge in [0.15, 0.2) is 0 Å². The van der Waals surface area contributed by atoms with Crippen molar-refractivity contribution in [1.29, 1.82) is 0 Å². The number of rotatable bonds is 1. The zero-order valence-electron chi connectivity index (χ0n) is 11.3. The Bertz CT molecular complexity index is 266. The van der Waals surface area contributed by atoms with E-state index in [9.17, 15) is 4.79 Å². The van der Waals surface area contributed by atoms with Crippen molar-refractivity contribution in [2.45, 2.75) is 53.5 Å². The van der Waals surface area contributed by atoms with Gasteiger partial charge in [0.2, 0.25) is 5.91 Å². The molecule has 0 aliphatic carbocycles. The smallest absolute Gasteiger partial charge is 0.240 e. The van der Waals surface area contributed by atoms with Gasteiger partial charge in [0.25, 0.3) is 0 Å². The molecule has 0 aromatic heterocycles. The molecule has 0 aromatic carbocycles. The topological polar surface area (TPSA) is 46.3 Å². The van der Waals surface area contributed by atoms with Gasteiger partial charge in [-0.05, 0) is 23.7 Å². The van der Waals surface area contributed by atoms with Gasteiger partial charge in [-0.3, -0.25) is 4.79 Å². The van der Waals surface area contributed by atoms with E-state index in [-0.39, 0.29) is 22.8 Å². The second kappa shape index (κ2) is 4.36. The molecular formula is C13H26N2O. The lowest BCUT2D eigenvalue weighted by molar-refractivity contribution is -0.138. The van der Waals surface area contributed by atoms with Crippen LogP contribution in [0.15, 0.2) is 0 Å². The number of likely N-dealkylation sites (tertiary alicyclic amines) is 1. The van der Waals surface area contributed by atoms with E-state index in [1.807, 2.05) is 25.7 Å². The van der Waals surface area contributed by atoms with Crippen LogP contribution >= 0.6 is 0 Å². The van der Waals surface area contributed by atoms with Crippen molar-refractivity contribution in [3.05, 3.63) is 0 Å². The molecule has 0 radical (unpaired) electrons. The molecule has 3 heteroatoms. The van der Waals surface area contributed by atoms with Crippen molar-refractivity contribution in [2.24, 2.45) is 16.6 Å². The fourth-order valence-corrected chi connectivity index (χ4v) is 2.18. The molecule has 1 heterocycles. The minimum atomic E-state index is -0.388. The van der Waals surface area contributed by atoms with Crippen LogP contribution in [0.3, 0.4) is 0 Å². The van der Waals surface area contributed by atoms with Gasteiger partial charge in [-0.2, -0.15) is 0 Å². The fraction of sp³-hybridized carbons (Fsp3) is 0.923. The summed E-state index contributed by atoms with van der Waals surface area (Å²) in [7, 11) is 0. The van der Waals surface area contributed by atoms with E-state index in [1.165, 1.54) is 6.42 Å². The van der Waals surface area contributed by atoms with Crippen molar-refractivity contribution in [3.63, 3.8) is 0 Å². The third-order valence-corrected chi connectivity index (χ3v) is 3.41. The summed E-state index contributed by atoms with van der Waals surface area (Å²) in [6, 6.07) is -0.388. The van der Waals surface area contributed by atoms with Crippen molar-refractivity contribution in [2.75, 3.05) is 13.1 Å². The Hall–Kier alpha value is -0.570. The lowest BCUT2D eigenvalue weighted by atomic mass is 9.82. The molecule has 0 bridgehead atoms. The molecule has 1 fully saturated rings. The highest BCUT2D eigenvalue weighted by Gasteiger charge is 2.35. The van der Waals surface area contributed by atoms with E-state index >= 15 is 0 Å². The van der Waals surface area contributed by atoms with Crippen LogP contribution in [0.5, 0.6) is 0 Å². The summed E-state index contributed by atoms with van der Waals surface area (Å²) in [4.78, 5) is 14.2. The summed E-state index contributed by atoms with van der Waals surface area (Å²) in [5.74, 6) is 0.111. The molecule has 16 heavy (non-hydrogen) atoms. The first-order valence-electron chi connectivity index (χ1n) is 6.18. The van der Waals surface area contributed by atoms with Crippen LogP contribution in [0.25, 0.3) is 0 Å². The van der Waals surface area contributed by atoms with Gasteiger partial charge in [-0.15, -0.1) is 0 Å². The average molecular weight is 226 g/mol. The molecule has 0 saturated carbocycles. The summed E-state index contributed by atoms with van der Waals surface area (Å²) >= 11 is 0. The molecule has 1 amide bonds. The van der Waals surface area contributed by atoms with Crippen molar-refractivity contribution >= 4 is 5.91 Å². The van der Waals surface area contributed by atoms with Crippen LogP contribution in [-0.2, 0) is 4.79 Å². The summed E-state index contributed by atoms with van der Waals surface area (Å²) in [5, 5.41) is 0. The molecular weight excluding hydrogens is 200 g/mol. The Kier molecular flexibility index (Phi) is 3.68. The van der Waals surface area contributed by atoms with E-state index in [4.69, 9.17) is 5.73 Å². The largest absolute Gasteiger partial charge is 0.341 e. The molecule has 1 saturated heterocycles. The van der Waals surface area contributed by atoms with E-state index in [0.29, 0.717) is 0 Å². The molecule has 0 spiro atoms. The van der Waals surface area contributed by atoms with Crippen LogP contribution in [0.1, 0.15) is 47.5 Å². The number of hydrogen-bond acceptors (Lipinski definition) is 2. The number of nitrogens with two attached hydrogens (primary N) is 1. The van der Waals surface area contributed by atoms with Gasteiger partial charge in [0.1, 0.15) is 0 Å². The van der Waals surface area contributed by atoms with Gasteiger partial charge in [0.05, 0.1) is 6.04 Å². The lowest BCUT2D eigenvalue weighted by Gasteiger charge is -2.40. The zero-order valence-corrected chi connectivity index (χ0v) is 11.3. The predicted molar refractivity (Wildman–Crippen MR) is 67.0 cm³/mol. The number of piperidine rings is 1. The maximum absolute atomic E-state index is 12.2. The minimum absolute atomic E-state index is 0.111. The molecule has 1 unspecified atom stereocenters. The SMILES string of the molecule is CC1(C)CCCN(C(=O)C(N)C(C)(C)C)C1. The molecule has 2 N–H and O–H groups in total. The molecule has 1 rings (SSSR count). The van der Waals surface area contributed by atoms with E-state index in [0.717, 1.165) is 19.5 Å². The predicted octanol–water partition coefficient (Wildman–Crippen LogP) is 2.01. The summed E-state index contributed by atoms with van der Waals surface area (Å²) < 4.78 is 0. The second-order valence-electron chi connectivity index (χ2n) is 6.87. The van der Waals surface area contributed by atoms with E-state index in [2.05, 4.69) is 13.8 Å². The Labute approximate surface area is 99.4 Å². The van der Waals surface area contributed by atoms with Crippen LogP contribution in [0.2, 0.25) is 0 Å². The van der Waals surface area contributed by atoms with Crippen molar-refractivity contribution in [3.8, 4) is 0 Å². The minimum Gasteiger partial charge on any atom is -0.341 e. The molecule has 1 atom stereocenters. The Balaban J connectivity index is 2.68. The maximum Gasteiger partial charge on any atom is 0.240 e. The third-order valence-electron chi connectivity index (χ3n) is 3.41. The standard InChI is InChI=1S/C13H26N2O/c1-12(2,3)10(14)11(16)15-8-6-7-13(4,5)9-15/h10H,6-9,14H2,1-5H3. The maximum atomic E-state index is 12.2. The average Bonchev–Trinajstić information content (AvgIpc) is 2.12. The van der Waals surface area contributed by atoms with E-state index < -0.39 is 0 Å². The molecule has 1 aliphatic rings. The first-order chi connectivity index (χ1) is 7.13. The summed E-state index contributed by atoms with van der Waals surface area (Å²) in [6.07, 6.45) is 2.29. The van der Waals surface area contributed by atoms with E-state index in [1.54, 1.807) is 0 Å². The highest BCUT2D eigenvalue weighted by molar-refractivity contribution is 5.82. The van der Waals surface area contributed by atoms with Gasteiger partial charge in [-0.25, -0.2) is 0 Å². The number of hydrogen-bond donors (Lipinski definition) is 1. The molecule has 1 aliphatic heterocycles. The lowest BCUT2D eigenvalue weighted by Crippen LogP contribution is -2.54. The van der Waals surface area contributed by atoms with Crippen LogP contribution < -0.4 is 5.73 Å². The number of carbonyl (C=O) groups is 1. The normalized spacial score (nSPS) is 23.0. The van der Waals surface area contributed by atoms with Gasteiger partial charge >= 0.3 is 0 Å². The number of amides is 1. The summed E-state index contributed by atoms with van der Waals surface area (Å²) in [6.45, 7) is 12.2. The molecule has 0 aromatic rings. The monoisotopic (exact) mass is 226 g/mol. The van der Waals surface area contributed by atoms with Crippen molar-refractivity contribution < 1.29 is 4.79 Å². The molecule has 3 nitrogen and oxygen atoms in total. The highest BCUT2D eigenvalue weighted by Crippen LogP contribution is 2.29. The number of nitrogens with zero attached hydrogens (tertiary/aromatic N) is 1. The molecule has 94 valence electrons. The fourth-order valence-electron chi connectivity index (χ4n) is 2.18. The Morgan fingerprint density at radius 1 is 1.38 bits per heavy atom. The van der Waals surface area contributed by atoms with Gasteiger partial charge < -0.3 is 10.6 Å². The van der Waals surface area contributed by atoms with Gasteiger partial charge in [-0.1, -0.05) is 34.6 Å². The highest BCUT2D eigenvalue weighted by atomic mass is 16.2. The van der Waals surface area contributed by atoms with Crippen LogP contribution in [0, 0.1) is 10.8 Å². The van der Waals surface area contributed by atoms with Crippen LogP contribution in [-0.4, -0.2) is 29.9 Å². The first-order valence-corrected chi connectivity index (χ1v) is 6.18. The first kappa shape index (κ1) is 13.5. The Morgan fingerprint density at radius 3 is 2.38 bits per heavy atom. The quantitative estimate of drug-likeness (QED) is 0.743. The van der Waals surface area contributed by atoms with Gasteiger partial charge in [0, 0.05) is 13.1 Å². The zero-order chi connectivity index (χ0) is 12.6. The second-order valence-corrected chi connectivity index (χ2v) is 6.87. The number of carbonyl (C=O) groups excluding carboxylic acids is 1. The van der Waals surface area contributed by atoms with Crippen LogP contribution in [0.4, 0.5) is 0 Å². The summed E-state index contributed by atoms with van der Waals surface area (Å²) in [5.41, 5.74) is 6.11. The Morgan fingerprint density at radius 2 is 1.94 bits per heavy atom. The van der Waals surface area contributed by atoms with Crippen molar-refractivity contribution in [1.82, 2.24) is 4.90 Å².